The maximum absolute atomic E-state index is 12.5. The number of amides is 1. The predicted octanol–water partition coefficient (Wildman–Crippen LogP) is 4.57. The summed E-state index contributed by atoms with van der Waals surface area (Å²) < 4.78 is 1.89. The topological polar surface area (TPSA) is 59.3 Å². The summed E-state index contributed by atoms with van der Waals surface area (Å²) in [6, 6.07) is 18.3. The van der Waals surface area contributed by atoms with Crippen LogP contribution in [0.1, 0.15) is 11.3 Å². The minimum Gasteiger partial charge on any atom is -0.355 e. The summed E-state index contributed by atoms with van der Waals surface area (Å²) >= 11 is 3.21. The van der Waals surface area contributed by atoms with Crippen LogP contribution in [0.5, 0.6) is 0 Å². The molecule has 1 N–H and O–H groups in total. The van der Waals surface area contributed by atoms with E-state index in [9.17, 15) is 4.79 Å². The van der Waals surface area contributed by atoms with Gasteiger partial charge in [-0.1, -0.05) is 48.5 Å². The molecule has 2 aromatic carbocycles. The Labute approximate surface area is 175 Å². The largest absolute Gasteiger partial charge is 0.355 e. The molecule has 3 heterocycles. The van der Waals surface area contributed by atoms with Crippen LogP contribution in [-0.4, -0.2) is 27.0 Å². The Morgan fingerprint density at radius 2 is 1.93 bits per heavy atom. The molecule has 0 radical (unpaired) electrons. The van der Waals surface area contributed by atoms with E-state index in [1.54, 1.807) is 22.7 Å². The van der Waals surface area contributed by atoms with Crippen LogP contribution >= 0.6 is 22.7 Å². The molecule has 29 heavy (non-hydrogen) atoms. The van der Waals surface area contributed by atoms with Crippen molar-refractivity contribution in [2.75, 3.05) is 6.54 Å². The first-order valence-corrected chi connectivity index (χ1v) is 11.1. The van der Waals surface area contributed by atoms with Crippen molar-refractivity contribution in [2.45, 2.75) is 12.8 Å². The van der Waals surface area contributed by atoms with Crippen LogP contribution < -0.4 is 5.32 Å². The van der Waals surface area contributed by atoms with Crippen LogP contribution in [0.2, 0.25) is 0 Å². The quantitative estimate of drug-likeness (QED) is 0.439. The lowest BCUT2D eigenvalue weighted by molar-refractivity contribution is -0.120. The molecule has 0 spiro atoms. The number of thiophene rings is 1. The van der Waals surface area contributed by atoms with Crippen molar-refractivity contribution in [1.82, 2.24) is 19.9 Å². The number of nitrogens with zero attached hydrogens (tertiary/aromatic N) is 3. The van der Waals surface area contributed by atoms with E-state index in [1.807, 2.05) is 46.3 Å². The highest BCUT2D eigenvalue weighted by Crippen LogP contribution is 2.24. The summed E-state index contributed by atoms with van der Waals surface area (Å²) in [6.45, 7) is 0.573. The predicted molar refractivity (Wildman–Crippen MR) is 119 cm³/mol. The number of aromatic nitrogens is 3. The SMILES string of the molecule is O=C(Cc1cccc2ccccc12)NCCc1csc2nc(-c3cccs3)nn12. The van der Waals surface area contributed by atoms with Crippen molar-refractivity contribution in [2.24, 2.45) is 0 Å². The van der Waals surface area contributed by atoms with Gasteiger partial charge in [-0.15, -0.1) is 27.8 Å². The van der Waals surface area contributed by atoms with E-state index in [0.29, 0.717) is 19.4 Å². The molecule has 0 fully saturated rings. The van der Waals surface area contributed by atoms with Gasteiger partial charge in [0, 0.05) is 18.3 Å². The van der Waals surface area contributed by atoms with Gasteiger partial charge < -0.3 is 5.32 Å². The van der Waals surface area contributed by atoms with Crippen molar-refractivity contribution >= 4 is 44.3 Å². The highest BCUT2D eigenvalue weighted by molar-refractivity contribution is 7.15. The molecule has 5 nitrogen and oxygen atoms in total. The van der Waals surface area contributed by atoms with Gasteiger partial charge in [-0.2, -0.15) is 4.98 Å². The minimum atomic E-state index is 0.0330. The van der Waals surface area contributed by atoms with Crippen LogP contribution in [0.3, 0.4) is 0 Å². The Kier molecular flexibility index (Phi) is 4.83. The second kappa shape index (κ2) is 7.77. The van der Waals surface area contributed by atoms with Gasteiger partial charge in [-0.25, -0.2) is 4.52 Å². The Hall–Kier alpha value is -3.03. The Morgan fingerprint density at radius 1 is 1.03 bits per heavy atom. The van der Waals surface area contributed by atoms with Crippen LogP contribution in [0.4, 0.5) is 0 Å². The fraction of sp³-hybridized carbons (Fsp3) is 0.136. The van der Waals surface area contributed by atoms with Gasteiger partial charge in [0.25, 0.3) is 0 Å². The zero-order chi connectivity index (χ0) is 19.6. The zero-order valence-corrected chi connectivity index (χ0v) is 17.2. The van der Waals surface area contributed by atoms with E-state index >= 15 is 0 Å². The number of hydrogen-bond donors (Lipinski definition) is 1. The smallest absolute Gasteiger partial charge is 0.224 e. The molecule has 0 unspecified atom stereocenters. The molecule has 0 aliphatic rings. The van der Waals surface area contributed by atoms with Crippen LogP contribution in [0, 0.1) is 0 Å². The first kappa shape index (κ1) is 18.0. The molecule has 5 rings (SSSR count). The number of hydrogen-bond acceptors (Lipinski definition) is 5. The summed E-state index contributed by atoms with van der Waals surface area (Å²) in [4.78, 5) is 19.0. The number of thiazole rings is 1. The van der Waals surface area contributed by atoms with Gasteiger partial charge in [0.05, 0.1) is 17.0 Å². The van der Waals surface area contributed by atoms with Crippen LogP contribution in [0.15, 0.2) is 65.4 Å². The highest BCUT2D eigenvalue weighted by atomic mass is 32.1. The average Bonchev–Trinajstić information content (AvgIpc) is 3.46. The first-order chi connectivity index (χ1) is 14.3. The second-order valence-electron chi connectivity index (χ2n) is 6.75. The molecule has 0 atom stereocenters. The molecule has 0 bridgehead atoms. The fourth-order valence-corrected chi connectivity index (χ4v) is 4.93. The number of carbonyl (C=O) groups is 1. The zero-order valence-electron chi connectivity index (χ0n) is 15.5. The lowest BCUT2D eigenvalue weighted by Gasteiger charge is -2.07. The molecule has 0 aliphatic heterocycles. The first-order valence-electron chi connectivity index (χ1n) is 9.38. The monoisotopic (exact) mass is 418 g/mol. The van der Waals surface area contributed by atoms with Crippen molar-refractivity contribution < 1.29 is 4.79 Å². The van der Waals surface area contributed by atoms with Crippen LogP contribution in [0.25, 0.3) is 26.4 Å². The minimum absolute atomic E-state index is 0.0330. The molecule has 7 heteroatoms. The van der Waals surface area contributed by atoms with Gasteiger partial charge >= 0.3 is 0 Å². The number of rotatable bonds is 6. The van der Waals surface area contributed by atoms with E-state index in [1.165, 1.54) is 0 Å². The normalized spacial score (nSPS) is 11.3. The molecule has 1 amide bonds. The molecule has 0 saturated carbocycles. The molecule has 3 aromatic heterocycles. The molecular formula is C22H18N4OS2. The van der Waals surface area contributed by atoms with Gasteiger partial charge in [0.15, 0.2) is 5.82 Å². The van der Waals surface area contributed by atoms with Gasteiger partial charge in [0.2, 0.25) is 10.9 Å². The van der Waals surface area contributed by atoms with Gasteiger partial charge in [-0.3, -0.25) is 4.79 Å². The summed E-state index contributed by atoms with van der Waals surface area (Å²) in [6.07, 6.45) is 1.10. The fourth-order valence-electron chi connectivity index (χ4n) is 3.42. The summed E-state index contributed by atoms with van der Waals surface area (Å²) in [5, 5.41) is 14.0. The van der Waals surface area contributed by atoms with E-state index in [0.717, 1.165) is 37.7 Å². The maximum atomic E-state index is 12.5. The maximum Gasteiger partial charge on any atom is 0.224 e. The number of carbonyl (C=O) groups excluding carboxylic acids is 1. The van der Waals surface area contributed by atoms with E-state index in [4.69, 9.17) is 0 Å². The van der Waals surface area contributed by atoms with E-state index in [-0.39, 0.29) is 5.91 Å². The Morgan fingerprint density at radius 3 is 2.83 bits per heavy atom. The molecule has 0 saturated heterocycles. The lowest BCUT2D eigenvalue weighted by Crippen LogP contribution is -2.27. The van der Waals surface area contributed by atoms with Gasteiger partial charge in [-0.05, 0) is 27.8 Å². The van der Waals surface area contributed by atoms with Crippen molar-refractivity contribution in [3.63, 3.8) is 0 Å². The van der Waals surface area contributed by atoms with E-state index < -0.39 is 0 Å². The summed E-state index contributed by atoms with van der Waals surface area (Å²) in [5.41, 5.74) is 2.11. The third-order valence-corrected chi connectivity index (χ3v) is 6.56. The van der Waals surface area contributed by atoms with Crippen molar-refractivity contribution in [3.8, 4) is 10.7 Å². The highest BCUT2D eigenvalue weighted by Gasteiger charge is 2.12. The molecule has 0 aliphatic carbocycles. The lowest BCUT2D eigenvalue weighted by atomic mass is 10.0. The molecule has 5 aromatic rings. The second-order valence-corrected chi connectivity index (χ2v) is 8.53. The van der Waals surface area contributed by atoms with Gasteiger partial charge in [0.1, 0.15) is 0 Å². The average molecular weight is 419 g/mol. The third-order valence-electron chi connectivity index (χ3n) is 4.83. The summed E-state index contributed by atoms with van der Waals surface area (Å²) in [7, 11) is 0. The molecular weight excluding hydrogens is 400 g/mol. The standard InChI is InChI=1S/C22H18N4OS2/c27-20(13-16-7-3-6-15-5-1-2-8-18(15)16)23-11-10-17-14-29-22-24-21(25-26(17)22)19-9-4-12-28-19/h1-9,12,14H,10-11,13H2,(H,23,27). The summed E-state index contributed by atoms with van der Waals surface area (Å²) in [5.74, 6) is 0.791. The third kappa shape index (κ3) is 3.66. The Balaban J connectivity index is 1.23. The Bertz CT molecular complexity index is 1280. The van der Waals surface area contributed by atoms with Crippen molar-refractivity contribution in [3.05, 3.63) is 76.6 Å². The number of benzene rings is 2. The van der Waals surface area contributed by atoms with Crippen LogP contribution in [-0.2, 0) is 17.6 Å². The van der Waals surface area contributed by atoms with E-state index in [2.05, 4.69) is 39.0 Å². The number of fused-ring (bicyclic) bond motifs is 2. The van der Waals surface area contributed by atoms with Crippen molar-refractivity contribution in [1.29, 1.82) is 0 Å². The number of nitrogens with one attached hydrogen (secondary N) is 1. The molecule has 144 valence electrons.